The van der Waals surface area contributed by atoms with Crippen molar-refractivity contribution in [1.82, 2.24) is 52.5 Å². The van der Waals surface area contributed by atoms with E-state index in [4.69, 9.17) is 33.0 Å². The van der Waals surface area contributed by atoms with Crippen LogP contribution in [0.2, 0.25) is 0 Å². The summed E-state index contributed by atoms with van der Waals surface area (Å²) in [5.41, 5.74) is -9.68. The number of nitriles is 2. The molecule has 13 rings (SSSR count). The van der Waals surface area contributed by atoms with E-state index < -0.39 is 207 Å². The fraction of sp³-hybridized carbons (Fsp3) is 0.105. The predicted molar refractivity (Wildman–Crippen MR) is 481 cm³/mol. The van der Waals surface area contributed by atoms with E-state index in [1.807, 2.05) is 0 Å². The molecule has 73 heteroatoms. The minimum absolute atomic E-state index is 0. The summed E-state index contributed by atoms with van der Waals surface area (Å²) in [5, 5.41) is 172. The number of imidazole rings is 1. The number of rotatable bonds is 32. The van der Waals surface area contributed by atoms with E-state index in [1.54, 1.807) is 12.1 Å². The van der Waals surface area contributed by atoms with Crippen molar-refractivity contribution >= 4 is 202 Å². The van der Waals surface area contributed by atoms with Crippen LogP contribution in [0.25, 0.3) is 43.4 Å². The third-order valence-corrected chi connectivity index (χ3v) is 26.1. The molecule has 5 aromatic carbocycles. The number of carboxylic acids is 6. The van der Waals surface area contributed by atoms with E-state index >= 15 is 0 Å². The summed E-state index contributed by atoms with van der Waals surface area (Å²) in [6.45, 7) is 17.9. The van der Waals surface area contributed by atoms with E-state index in [2.05, 4.69) is 89.7 Å². The van der Waals surface area contributed by atoms with Gasteiger partial charge in [0, 0.05) is 46.2 Å². The number of azo groups is 4. The first-order chi connectivity index (χ1) is 67.7. The molecule has 0 aliphatic rings. The molecular formula is C76H48K4N23NaO36S9. The van der Waals surface area contributed by atoms with Gasteiger partial charge >= 0.3 is 271 Å². The smallest absolute Gasteiger partial charge is 0.748 e. The van der Waals surface area contributed by atoms with Crippen molar-refractivity contribution < 1.29 is 386 Å². The largest absolute Gasteiger partial charge is 1.00 e. The molecule has 742 valence electrons. The molecule has 0 saturated heterocycles. The number of aromatic hydroxyl groups is 4. The summed E-state index contributed by atoms with van der Waals surface area (Å²) in [6.07, 6.45) is 0. The molecule has 10 N–H and O–H groups in total. The van der Waals surface area contributed by atoms with Crippen LogP contribution in [0.5, 0.6) is 23.5 Å². The molecule has 0 fully saturated rings. The number of pyridine rings is 4. The second-order valence-corrected chi connectivity index (χ2v) is 37.8. The van der Waals surface area contributed by atoms with Crippen molar-refractivity contribution in [2.24, 2.45) is 40.9 Å². The molecule has 0 atom stereocenters. The Kier molecular flexibility index (Phi) is 49.3. The molecule has 0 amide bonds. The number of carbonyl (C=O) groups is 6. The van der Waals surface area contributed by atoms with Crippen LogP contribution in [0.15, 0.2) is 204 Å². The van der Waals surface area contributed by atoms with Gasteiger partial charge in [-0.3, -0.25) is 42.7 Å². The Labute approximate surface area is 1040 Å². The zero-order chi connectivity index (χ0) is 106. The van der Waals surface area contributed by atoms with Crippen molar-refractivity contribution in [2.45, 2.75) is 51.5 Å². The maximum absolute atomic E-state index is 13.3. The zero-order valence-electron chi connectivity index (χ0n) is 76.1. The van der Waals surface area contributed by atoms with Gasteiger partial charge in [-0.25, -0.2) is 76.5 Å². The van der Waals surface area contributed by atoms with Crippen LogP contribution < -0.4 is 263 Å². The third kappa shape index (κ3) is 33.1. The summed E-state index contributed by atoms with van der Waals surface area (Å²) >= 11 is 3.77. The third-order valence-electron chi connectivity index (χ3n) is 18.2. The van der Waals surface area contributed by atoms with E-state index in [0.717, 1.165) is 121 Å². The van der Waals surface area contributed by atoms with E-state index in [1.165, 1.54) is 75.4 Å². The molecule has 0 spiro atoms. The molecule has 59 nitrogen and oxygen atoms in total. The molecule has 0 saturated carbocycles. The van der Waals surface area contributed by atoms with Gasteiger partial charge in [0.1, 0.15) is 60.8 Å². The standard InChI is InChI=1S/C22H12N8O8.C20H14N4O11S2.C18H14N6O7S3.C16H13N5O10S4.4K.Na/c1-9-16(25-2)18(33)30(12-4-10(20(35)36)3-11(5-12)21(37)38)19(34)17(9)27-28-22-26-13(6-23)14(7-24)29(22)8-15(31)32;1-9-15(21-22-17-13-7-6-12(37(30,31)32)8-14(13)33-23-17)18(25)24(19(26)16(9)36-35-34-29)11-4-2-10(3-5-11)20(27)28;1-9-12(19-2)14(25)24(11-5-3-10(4-6-11)16(27)28)15(26)13(9)20-21-17-22-23-18(33-17)32-7-8-34(29,30)31;22-12-10(14(24)25)7-11(13(23)21(12)8-1-3-9(4-2-8)35(29,30)31)18-19-15-17-16(20-33-15)32-5-6-34(26,27)28;;;;;/h3-5,33H,8H2,1H3,(H,31,32)(H,35,36)(H,37,38);2-8,25,29H,1H3,(H,27,28)(H,30,31,32);3-6,25H,7-8H2,1H3,(H,27,28)(H,29,30,31);1-4,7,22H,5-6H2,(H,24,25)(H,26,27,28)(H,29,30,31);;;;;/q;;;;5*+1/p-5. The summed E-state index contributed by atoms with van der Waals surface area (Å²) < 4.78 is 148. The van der Waals surface area contributed by atoms with Gasteiger partial charge in [-0.15, -0.1) is 51.1 Å². The first-order valence-electron chi connectivity index (χ1n) is 37.6. The van der Waals surface area contributed by atoms with Crippen molar-refractivity contribution in [2.75, 3.05) is 23.0 Å². The number of aromatic nitrogens is 11. The number of aliphatic carboxylic acids is 1. The van der Waals surface area contributed by atoms with Gasteiger partial charge in [0.15, 0.2) is 32.7 Å². The van der Waals surface area contributed by atoms with E-state index in [-0.39, 0.29) is 358 Å². The second kappa shape index (κ2) is 56.7. The summed E-state index contributed by atoms with van der Waals surface area (Å²) in [6, 6.07) is 23.5. The Balaban J connectivity index is 0.000000346. The molecule has 149 heavy (non-hydrogen) atoms. The van der Waals surface area contributed by atoms with Gasteiger partial charge in [-0.05, 0) is 141 Å². The quantitative estimate of drug-likeness (QED) is 0.00274. The van der Waals surface area contributed by atoms with Crippen LogP contribution in [0.4, 0.5) is 56.2 Å². The fourth-order valence-electron chi connectivity index (χ4n) is 11.6. The molecule has 0 unspecified atom stereocenters. The topological polar surface area (TPSA) is 914 Å². The molecule has 0 radical (unpaired) electrons. The molecule has 0 aliphatic carbocycles. The van der Waals surface area contributed by atoms with Crippen molar-refractivity contribution in [3.8, 4) is 58.4 Å². The zero-order valence-corrected chi connectivity index (χ0v) is 97.9. The number of aromatic carboxylic acids is 5. The van der Waals surface area contributed by atoms with Crippen LogP contribution in [0.1, 0.15) is 79.9 Å². The predicted octanol–water partition coefficient (Wildman–Crippen LogP) is -6.45. The molecule has 13 aromatic rings. The first-order valence-corrected chi connectivity index (χ1v) is 47.9. The molecule has 8 heterocycles. The number of hydrogen-bond acceptors (Lipinski definition) is 51. The summed E-state index contributed by atoms with van der Waals surface area (Å²) in [7, 11) is -18.3. The number of fused-ring (bicyclic) bond motifs is 1. The Morgan fingerprint density at radius 1 is 0.517 bits per heavy atom. The van der Waals surface area contributed by atoms with E-state index in [9.17, 15) is 151 Å². The van der Waals surface area contributed by atoms with Crippen molar-refractivity contribution in [3.63, 3.8) is 0 Å². The number of carboxylic acid groups (broad SMARTS) is 6. The van der Waals surface area contributed by atoms with Crippen molar-refractivity contribution in [3.05, 3.63) is 235 Å². The minimum atomic E-state index is -4.79. The van der Waals surface area contributed by atoms with Crippen LogP contribution in [0.3, 0.4) is 0 Å². The van der Waals surface area contributed by atoms with Gasteiger partial charge in [0.2, 0.25) is 39.6 Å². The Hall–Kier alpha value is -9.80. The molecule has 0 aliphatic heterocycles. The first kappa shape index (κ1) is 130. The maximum atomic E-state index is 13.3. The van der Waals surface area contributed by atoms with Gasteiger partial charge in [-0.2, -0.15) is 29.2 Å². The SMILES string of the molecule is Cc1c(N=Nc2noc3cc(S(=O)(=O)[O-])ccc23)c(O)n(-c2ccc(C(=O)O)cc2)c(=O)c1SOO[O-].O=C(O)c1cc(N=Nc2nc(SCCS(=O)(=O)[O-])ns2)c(=O)n(-c2ccc(S(=O)(=O)[O-])cc2)c1O.[C-]#[N+]c1c(C)c(N=Nc2nc(C#N)c(C#N)n2CC(=O)O)c(=O)n(-c2cc(C(=O)O)cc(C(=O)O)c2)c1O.[C-]#[N+]c1c(C)c(N=Nc2nnc(SCCS(=O)(=O)[O-])s2)c(=O)n(-c2ccc(C(=O)O)cc2)c1O.[K+].[K+].[K+].[K+].[Na+]. The molecule has 8 aromatic heterocycles. The Bertz CT molecular complexity index is 8510. The number of hydrogen-bond donors (Lipinski definition) is 10. The fourth-order valence-corrected chi connectivity index (χ4v) is 17.9. The molecule has 0 bridgehead atoms. The monoisotopic (exact) mass is 2320 g/mol. The van der Waals surface area contributed by atoms with Crippen LogP contribution in [-0.2, 0) is 61.2 Å². The maximum Gasteiger partial charge on any atom is 1.00 e. The van der Waals surface area contributed by atoms with Crippen molar-refractivity contribution in [1.29, 1.82) is 10.5 Å². The summed E-state index contributed by atoms with van der Waals surface area (Å²) in [4.78, 5) is 133. The molecular weight excluding hydrogens is 2280 g/mol. The van der Waals surface area contributed by atoms with Gasteiger partial charge in [-0.1, -0.05) is 40.0 Å². The average molecular weight is 2330 g/mol. The normalized spacial score (nSPS) is 11.2. The number of nitrogens with zero attached hydrogens (tertiary/aromatic N) is 23. The average Bonchev–Trinajstić information content (AvgIpc) is 1.20. The minimum Gasteiger partial charge on any atom is -0.748 e. The van der Waals surface area contributed by atoms with Gasteiger partial charge < -0.3 is 79.1 Å². The second-order valence-electron chi connectivity index (χ2n) is 27.2. The number of benzene rings is 5. The van der Waals surface area contributed by atoms with Crippen LogP contribution >= 0.6 is 58.4 Å². The van der Waals surface area contributed by atoms with Crippen LogP contribution in [-0.4, -0.2) is 214 Å². The van der Waals surface area contributed by atoms with Crippen LogP contribution in [0, 0.1) is 56.6 Å². The number of thioether (sulfide) groups is 2. The van der Waals surface area contributed by atoms with E-state index in [0.29, 0.717) is 13.5 Å². The Morgan fingerprint density at radius 2 is 0.987 bits per heavy atom. The summed E-state index contributed by atoms with van der Waals surface area (Å²) in [5.74, 6) is -13.8. The Morgan fingerprint density at radius 3 is 1.46 bits per heavy atom. The van der Waals surface area contributed by atoms with Gasteiger partial charge in [0.25, 0.3) is 44.7 Å². The van der Waals surface area contributed by atoms with Gasteiger partial charge in [0.05, 0.1) is 106 Å².